The molecule has 22 heavy (non-hydrogen) atoms. The van der Waals surface area contributed by atoms with Crippen LogP contribution in [0.4, 0.5) is 5.69 Å². The van der Waals surface area contributed by atoms with E-state index in [1.54, 1.807) is 31.2 Å². The summed E-state index contributed by atoms with van der Waals surface area (Å²) in [7, 11) is 0. The molecule has 0 bridgehead atoms. The zero-order valence-corrected chi connectivity index (χ0v) is 12.1. The van der Waals surface area contributed by atoms with Crippen LogP contribution in [0.1, 0.15) is 28.6 Å². The van der Waals surface area contributed by atoms with E-state index in [1.165, 1.54) is 19.3 Å². The molecule has 2 aromatic rings. The highest BCUT2D eigenvalue weighted by atomic mass is 16.5. The third kappa shape index (κ3) is 3.52. The van der Waals surface area contributed by atoms with Gasteiger partial charge in [-0.05, 0) is 44.2 Å². The number of hydrogen-bond donors (Lipinski definition) is 1. The summed E-state index contributed by atoms with van der Waals surface area (Å²) in [4.78, 5) is 23.9. The first-order valence-electron chi connectivity index (χ1n) is 6.57. The number of carbonyl (C=O) groups excluding carboxylic acids is 2. The smallest absolute Gasteiger partial charge is 0.342 e. The fourth-order valence-electron chi connectivity index (χ4n) is 1.75. The maximum atomic E-state index is 12.0. The Morgan fingerprint density at radius 3 is 2.50 bits per heavy atom. The number of furan rings is 1. The summed E-state index contributed by atoms with van der Waals surface area (Å²) in [5.41, 5.74) is 1.30. The van der Waals surface area contributed by atoms with Crippen LogP contribution >= 0.6 is 0 Å². The van der Waals surface area contributed by atoms with Gasteiger partial charge in [0.2, 0.25) is 0 Å². The van der Waals surface area contributed by atoms with Gasteiger partial charge in [0, 0.05) is 5.69 Å². The predicted octanol–water partition coefficient (Wildman–Crippen LogP) is 2.64. The molecule has 2 rings (SSSR count). The monoisotopic (exact) mass is 298 g/mol. The van der Waals surface area contributed by atoms with Gasteiger partial charge >= 0.3 is 5.97 Å². The minimum atomic E-state index is -0.961. The van der Waals surface area contributed by atoms with E-state index in [1.807, 2.05) is 6.07 Å². The van der Waals surface area contributed by atoms with E-state index in [9.17, 15) is 9.59 Å². The highest BCUT2D eigenvalue weighted by molar-refractivity contribution is 5.97. The van der Waals surface area contributed by atoms with Crippen LogP contribution in [-0.4, -0.2) is 18.0 Å². The maximum absolute atomic E-state index is 12.0. The first-order valence-corrected chi connectivity index (χ1v) is 6.57. The lowest BCUT2D eigenvalue weighted by Gasteiger charge is -2.13. The molecule has 1 aromatic carbocycles. The van der Waals surface area contributed by atoms with Crippen LogP contribution in [0, 0.1) is 18.3 Å². The van der Waals surface area contributed by atoms with Crippen LogP contribution in [0.25, 0.3) is 0 Å². The summed E-state index contributed by atoms with van der Waals surface area (Å²) in [5, 5.41) is 11.3. The van der Waals surface area contributed by atoms with Gasteiger partial charge in [-0.15, -0.1) is 0 Å². The highest BCUT2D eigenvalue weighted by Gasteiger charge is 2.21. The number of benzene rings is 1. The van der Waals surface area contributed by atoms with Gasteiger partial charge in [-0.1, -0.05) is 0 Å². The van der Waals surface area contributed by atoms with E-state index >= 15 is 0 Å². The quantitative estimate of drug-likeness (QED) is 0.876. The predicted molar refractivity (Wildman–Crippen MR) is 78.1 cm³/mol. The molecular weight excluding hydrogens is 284 g/mol. The van der Waals surface area contributed by atoms with Gasteiger partial charge in [0.05, 0.1) is 17.9 Å². The molecule has 0 spiro atoms. The second-order valence-corrected chi connectivity index (χ2v) is 4.62. The number of carbonyl (C=O) groups is 2. The molecule has 0 aliphatic carbocycles. The van der Waals surface area contributed by atoms with Crippen molar-refractivity contribution in [2.45, 2.75) is 20.0 Å². The topological polar surface area (TPSA) is 92.3 Å². The number of ether oxygens (including phenoxy) is 1. The molecule has 0 aliphatic heterocycles. The second-order valence-electron chi connectivity index (χ2n) is 4.62. The zero-order valence-electron chi connectivity index (χ0n) is 12.1. The fraction of sp³-hybridized carbons (Fsp3) is 0.188. The lowest BCUT2D eigenvalue weighted by molar-refractivity contribution is -0.123. The average molecular weight is 298 g/mol. The summed E-state index contributed by atoms with van der Waals surface area (Å²) in [6.45, 7) is 3.12. The summed E-state index contributed by atoms with van der Waals surface area (Å²) < 4.78 is 10.1. The van der Waals surface area contributed by atoms with Crippen molar-refractivity contribution < 1.29 is 18.7 Å². The summed E-state index contributed by atoms with van der Waals surface area (Å²) in [6.07, 6.45) is 0.422. The molecule has 0 aliphatic rings. The van der Waals surface area contributed by atoms with E-state index in [0.717, 1.165) is 0 Å². The minimum absolute atomic E-state index is 0.290. The Hall–Kier alpha value is -3.07. The highest BCUT2D eigenvalue weighted by Crippen LogP contribution is 2.13. The Morgan fingerprint density at radius 2 is 1.95 bits per heavy atom. The van der Waals surface area contributed by atoms with Crippen molar-refractivity contribution in [1.82, 2.24) is 0 Å². The Kier molecular flexibility index (Phi) is 4.59. The van der Waals surface area contributed by atoms with E-state index in [2.05, 4.69) is 5.32 Å². The number of nitrogens with zero attached hydrogens (tertiary/aromatic N) is 1. The fourth-order valence-corrected chi connectivity index (χ4v) is 1.75. The Bertz CT molecular complexity index is 725. The number of nitriles is 1. The van der Waals surface area contributed by atoms with Crippen LogP contribution in [0.15, 0.2) is 41.0 Å². The molecular formula is C16H14N2O4. The normalized spacial score (nSPS) is 11.3. The van der Waals surface area contributed by atoms with Crippen LogP contribution in [0.2, 0.25) is 0 Å². The molecule has 1 aromatic heterocycles. The first kappa shape index (κ1) is 15.3. The number of hydrogen-bond acceptors (Lipinski definition) is 5. The minimum Gasteiger partial charge on any atom is -0.469 e. The summed E-state index contributed by atoms with van der Waals surface area (Å²) in [6, 6.07) is 9.85. The van der Waals surface area contributed by atoms with Gasteiger partial charge in [0.1, 0.15) is 11.3 Å². The number of esters is 1. The number of amides is 1. The van der Waals surface area contributed by atoms with Crippen molar-refractivity contribution in [3.8, 4) is 6.07 Å². The first-order chi connectivity index (χ1) is 10.5. The van der Waals surface area contributed by atoms with Crippen molar-refractivity contribution in [1.29, 1.82) is 5.26 Å². The molecule has 6 nitrogen and oxygen atoms in total. The third-order valence-corrected chi connectivity index (χ3v) is 3.01. The summed E-state index contributed by atoms with van der Waals surface area (Å²) in [5.74, 6) is -0.641. The average Bonchev–Trinajstić information content (AvgIpc) is 2.94. The van der Waals surface area contributed by atoms with Crippen molar-refractivity contribution >= 4 is 17.6 Å². The zero-order chi connectivity index (χ0) is 16.1. The Labute approximate surface area is 127 Å². The Balaban J connectivity index is 1.96. The molecule has 0 saturated heterocycles. The van der Waals surface area contributed by atoms with Crippen LogP contribution in [-0.2, 0) is 9.53 Å². The molecule has 1 N–H and O–H groups in total. The molecule has 1 amide bonds. The van der Waals surface area contributed by atoms with Crippen molar-refractivity contribution in [3.63, 3.8) is 0 Å². The van der Waals surface area contributed by atoms with Crippen molar-refractivity contribution in [2.24, 2.45) is 0 Å². The van der Waals surface area contributed by atoms with E-state index in [4.69, 9.17) is 14.4 Å². The lowest BCUT2D eigenvalue weighted by atomic mass is 10.2. The number of rotatable bonds is 4. The van der Waals surface area contributed by atoms with Gasteiger partial charge in [-0.25, -0.2) is 4.79 Å². The largest absolute Gasteiger partial charge is 0.469 e. The van der Waals surface area contributed by atoms with Gasteiger partial charge in [0.15, 0.2) is 6.10 Å². The maximum Gasteiger partial charge on any atom is 0.342 e. The van der Waals surface area contributed by atoms with Crippen molar-refractivity contribution in [3.05, 3.63) is 53.5 Å². The van der Waals surface area contributed by atoms with Gasteiger partial charge in [-0.2, -0.15) is 5.26 Å². The molecule has 1 unspecified atom stereocenters. The SMILES string of the molecule is Cc1occc1C(=O)OC(C)C(=O)Nc1ccc(C#N)cc1. The van der Waals surface area contributed by atoms with E-state index < -0.39 is 18.0 Å². The van der Waals surface area contributed by atoms with Crippen LogP contribution in [0.5, 0.6) is 0 Å². The molecule has 0 radical (unpaired) electrons. The molecule has 112 valence electrons. The van der Waals surface area contributed by atoms with Gasteiger partial charge in [0.25, 0.3) is 5.91 Å². The lowest BCUT2D eigenvalue weighted by Crippen LogP contribution is -2.30. The number of aryl methyl sites for hydroxylation is 1. The molecule has 0 fully saturated rings. The third-order valence-electron chi connectivity index (χ3n) is 3.01. The number of nitrogens with one attached hydrogen (secondary N) is 1. The van der Waals surface area contributed by atoms with Crippen LogP contribution < -0.4 is 5.32 Å². The number of anilines is 1. The molecule has 1 heterocycles. The standard InChI is InChI=1S/C16H14N2O4/c1-10-14(7-8-21-10)16(20)22-11(2)15(19)18-13-5-3-12(9-17)4-6-13/h3-8,11H,1-2H3,(H,18,19). The van der Waals surface area contributed by atoms with Crippen LogP contribution in [0.3, 0.4) is 0 Å². The van der Waals surface area contributed by atoms with Crippen molar-refractivity contribution in [2.75, 3.05) is 5.32 Å². The molecule has 1 atom stereocenters. The molecule has 0 saturated carbocycles. The second kappa shape index (κ2) is 6.59. The van der Waals surface area contributed by atoms with Gasteiger partial charge < -0.3 is 14.5 Å². The summed E-state index contributed by atoms with van der Waals surface area (Å²) >= 11 is 0. The van der Waals surface area contributed by atoms with E-state index in [-0.39, 0.29) is 5.56 Å². The Morgan fingerprint density at radius 1 is 1.27 bits per heavy atom. The van der Waals surface area contributed by atoms with Gasteiger partial charge in [-0.3, -0.25) is 4.79 Å². The molecule has 6 heteroatoms. The van der Waals surface area contributed by atoms with E-state index in [0.29, 0.717) is 17.0 Å².